The smallest absolute Gasteiger partial charge is 0.281 e. The van der Waals surface area contributed by atoms with Crippen LogP contribution in [0, 0.1) is 0 Å². The first-order chi connectivity index (χ1) is 9.19. The van der Waals surface area contributed by atoms with Crippen molar-refractivity contribution in [3.05, 3.63) is 71.3 Å². The molecule has 1 unspecified atom stereocenters. The molecule has 1 amide bonds. The van der Waals surface area contributed by atoms with Gasteiger partial charge in [-0.3, -0.25) is 9.63 Å². The molecule has 1 heterocycles. The SMILES string of the molecule is CON1C(=O)c2ccccc2C1(O)c1ccccc1. The summed E-state index contributed by atoms with van der Waals surface area (Å²) in [7, 11) is 1.37. The van der Waals surface area contributed by atoms with Crippen LogP contribution in [0.1, 0.15) is 21.5 Å². The highest BCUT2D eigenvalue weighted by Crippen LogP contribution is 2.41. The Balaban J connectivity index is 2.27. The first-order valence-electron chi connectivity index (χ1n) is 5.95. The van der Waals surface area contributed by atoms with Crippen molar-refractivity contribution in [3.63, 3.8) is 0 Å². The molecule has 3 rings (SSSR count). The van der Waals surface area contributed by atoms with Gasteiger partial charge in [-0.1, -0.05) is 48.5 Å². The maximum Gasteiger partial charge on any atom is 0.281 e. The zero-order valence-corrected chi connectivity index (χ0v) is 10.4. The number of benzene rings is 2. The number of fused-ring (bicyclic) bond motifs is 1. The summed E-state index contributed by atoms with van der Waals surface area (Å²) in [6.45, 7) is 0. The zero-order valence-electron chi connectivity index (χ0n) is 10.4. The fourth-order valence-corrected chi connectivity index (χ4v) is 2.50. The van der Waals surface area contributed by atoms with Crippen molar-refractivity contribution in [1.29, 1.82) is 0 Å². The van der Waals surface area contributed by atoms with Crippen LogP contribution in [0.15, 0.2) is 54.6 Å². The van der Waals surface area contributed by atoms with Gasteiger partial charge in [0.25, 0.3) is 5.91 Å². The molecule has 0 radical (unpaired) electrons. The second-order valence-corrected chi connectivity index (χ2v) is 4.37. The Bertz CT molecular complexity index is 626. The molecule has 4 nitrogen and oxygen atoms in total. The fraction of sp³-hybridized carbons (Fsp3) is 0.133. The molecule has 4 heteroatoms. The van der Waals surface area contributed by atoms with E-state index in [0.29, 0.717) is 16.7 Å². The summed E-state index contributed by atoms with van der Waals surface area (Å²) in [5.41, 5.74) is 0.00264. The molecule has 19 heavy (non-hydrogen) atoms. The van der Waals surface area contributed by atoms with Gasteiger partial charge in [0.2, 0.25) is 5.72 Å². The second kappa shape index (κ2) is 4.19. The summed E-state index contributed by atoms with van der Waals surface area (Å²) >= 11 is 0. The van der Waals surface area contributed by atoms with Crippen molar-refractivity contribution in [2.45, 2.75) is 5.72 Å². The van der Waals surface area contributed by atoms with Gasteiger partial charge >= 0.3 is 0 Å². The predicted octanol–water partition coefficient (Wildman–Crippen LogP) is 1.90. The number of carbonyl (C=O) groups is 1. The minimum atomic E-state index is -1.58. The monoisotopic (exact) mass is 255 g/mol. The van der Waals surface area contributed by atoms with Crippen molar-refractivity contribution in [2.75, 3.05) is 7.11 Å². The van der Waals surface area contributed by atoms with E-state index in [1.807, 2.05) is 18.2 Å². The minimum Gasteiger partial charge on any atom is -0.361 e. The van der Waals surface area contributed by atoms with Crippen LogP contribution in [0.25, 0.3) is 0 Å². The molecule has 1 atom stereocenters. The van der Waals surface area contributed by atoms with Crippen LogP contribution in [0.2, 0.25) is 0 Å². The highest BCUT2D eigenvalue weighted by Gasteiger charge is 2.50. The van der Waals surface area contributed by atoms with Gasteiger partial charge in [-0.05, 0) is 6.07 Å². The Morgan fingerprint density at radius 1 is 1.05 bits per heavy atom. The molecule has 0 saturated carbocycles. The Labute approximate surface area is 110 Å². The molecule has 0 aliphatic carbocycles. The molecule has 1 aliphatic rings. The van der Waals surface area contributed by atoms with Crippen molar-refractivity contribution in [1.82, 2.24) is 5.06 Å². The van der Waals surface area contributed by atoms with Crippen LogP contribution < -0.4 is 0 Å². The highest BCUT2D eigenvalue weighted by molar-refractivity contribution is 5.99. The molecular formula is C15H13NO3. The van der Waals surface area contributed by atoms with Crippen molar-refractivity contribution in [3.8, 4) is 0 Å². The highest BCUT2D eigenvalue weighted by atomic mass is 16.7. The van der Waals surface area contributed by atoms with E-state index < -0.39 is 5.72 Å². The number of amides is 1. The molecule has 96 valence electrons. The molecule has 0 fully saturated rings. The Morgan fingerprint density at radius 2 is 1.68 bits per heavy atom. The van der Waals surface area contributed by atoms with E-state index >= 15 is 0 Å². The second-order valence-electron chi connectivity index (χ2n) is 4.37. The summed E-state index contributed by atoms with van der Waals surface area (Å²) < 4.78 is 0. The lowest BCUT2D eigenvalue weighted by atomic mass is 9.94. The summed E-state index contributed by atoms with van der Waals surface area (Å²) in [6, 6.07) is 16.0. The number of aliphatic hydroxyl groups is 1. The quantitative estimate of drug-likeness (QED) is 0.891. The molecule has 0 saturated heterocycles. The van der Waals surface area contributed by atoms with Crippen LogP contribution in [0.5, 0.6) is 0 Å². The average Bonchev–Trinajstić information content (AvgIpc) is 2.70. The Hall–Kier alpha value is -2.17. The molecule has 2 aromatic rings. The predicted molar refractivity (Wildman–Crippen MR) is 69.1 cm³/mol. The van der Waals surface area contributed by atoms with Crippen molar-refractivity contribution in [2.24, 2.45) is 0 Å². The standard InChI is InChI=1S/C15H13NO3/c1-19-16-14(17)12-9-5-6-10-13(12)15(16,18)11-7-3-2-4-8-11/h2-10,18H,1H3. The van der Waals surface area contributed by atoms with E-state index in [2.05, 4.69) is 0 Å². The van der Waals surface area contributed by atoms with Gasteiger partial charge in [0.05, 0.1) is 12.7 Å². The van der Waals surface area contributed by atoms with Crippen LogP contribution >= 0.6 is 0 Å². The maximum atomic E-state index is 12.3. The van der Waals surface area contributed by atoms with Gasteiger partial charge in [-0.15, -0.1) is 0 Å². The van der Waals surface area contributed by atoms with E-state index in [1.54, 1.807) is 36.4 Å². The lowest BCUT2D eigenvalue weighted by Crippen LogP contribution is -2.43. The van der Waals surface area contributed by atoms with E-state index in [1.165, 1.54) is 7.11 Å². The molecule has 0 bridgehead atoms. The number of hydroxylamine groups is 2. The number of hydrogen-bond donors (Lipinski definition) is 1. The number of rotatable bonds is 2. The molecule has 0 spiro atoms. The van der Waals surface area contributed by atoms with E-state index in [-0.39, 0.29) is 5.91 Å². The summed E-state index contributed by atoms with van der Waals surface area (Å²) in [5.74, 6) is -0.343. The van der Waals surface area contributed by atoms with Crippen LogP contribution in [0.3, 0.4) is 0 Å². The van der Waals surface area contributed by atoms with Gasteiger partial charge in [0.15, 0.2) is 0 Å². The molecule has 2 aromatic carbocycles. The van der Waals surface area contributed by atoms with Crippen LogP contribution in [-0.2, 0) is 10.6 Å². The molecule has 1 N–H and O–H groups in total. The largest absolute Gasteiger partial charge is 0.361 e. The van der Waals surface area contributed by atoms with E-state index in [9.17, 15) is 9.90 Å². The van der Waals surface area contributed by atoms with Crippen LogP contribution in [0.4, 0.5) is 0 Å². The first-order valence-corrected chi connectivity index (χ1v) is 5.95. The van der Waals surface area contributed by atoms with Crippen molar-refractivity contribution < 1.29 is 14.7 Å². The molecule has 1 aliphatic heterocycles. The maximum absolute atomic E-state index is 12.3. The van der Waals surface area contributed by atoms with Gasteiger partial charge < -0.3 is 5.11 Å². The van der Waals surface area contributed by atoms with Gasteiger partial charge in [0.1, 0.15) is 0 Å². The first kappa shape index (κ1) is 11.9. The van der Waals surface area contributed by atoms with Gasteiger partial charge in [0, 0.05) is 11.1 Å². The minimum absolute atomic E-state index is 0.343. The Kier molecular flexibility index (Phi) is 2.62. The molecule has 0 aromatic heterocycles. The fourth-order valence-electron chi connectivity index (χ4n) is 2.50. The van der Waals surface area contributed by atoms with Crippen molar-refractivity contribution >= 4 is 5.91 Å². The summed E-state index contributed by atoms with van der Waals surface area (Å²) in [4.78, 5) is 17.4. The number of carbonyl (C=O) groups excluding carboxylic acids is 1. The normalized spacial score (nSPS) is 21.6. The third-order valence-electron chi connectivity index (χ3n) is 3.37. The molecular weight excluding hydrogens is 242 g/mol. The van der Waals surface area contributed by atoms with E-state index in [0.717, 1.165) is 5.06 Å². The summed E-state index contributed by atoms with van der Waals surface area (Å²) in [6.07, 6.45) is 0. The number of hydrogen-bond acceptors (Lipinski definition) is 3. The van der Waals surface area contributed by atoms with Gasteiger partial charge in [-0.25, -0.2) is 0 Å². The van der Waals surface area contributed by atoms with E-state index in [4.69, 9.17) is 4.84 Å². The average molecular weight is 255 g/mol. The summed E-state index contributed by atoms with van der Waals surface area (Å²) in [5, 5.41) is 12.0. The zero-order chi connectivity index (χ0) is 13.5. The Morgan fingerprint density at radius 3 is 2.37 bits per heavy atom. The third-order valence-corrected chi connectivity index (χ3v) is 3.37. The van der Waals surface area contributed by atoms with Gasteiger partial charge in [-0.2, -0.15) is 5.06 Å². The lowest BCUT2D eigenvalue weighted by Gasteiger charge is -2.32. The van der Waals surface area contributed by atoms with Crippen LogP contribution in [-0.4, -0.2) is 23.2 Å². The lowest BCUT2D eigenvalue weighted by molar-refractivity contribution is -0.223. The third kappa shape index (κ3) is 1.51. The number of nitrogens with zero attached hydrogens (tertiary/aromatic N) is 1. The topological polar surface area (TPSA) is 49.8 Å².